The lowest BCUT2D eigenvalue weighted by atomic mass is 9.92. The number of anilines is 1. The van der Waals surface area contributed by atoms with Gasteiger partial charge in [-0.15, -0.1) is 0 Å². The van der Waals surface area contributed by atoms with Crippen LogP contribution in [-0.2, 0) is 9.53 Å². The van der Waals surface area contributed by atoms with Crippen molar-refractivity contribution in [3.8, 4) is 0 Å². The summed E-state index contributed by atoms with van der Waals surface area (Å²) in [6.07, 6.45) is 8.87. The van der Waals surface area contributed by atoms with Crippen LogP contribution in [0.4, 0.5) is 5.82 Å². The first-order chi connectivity index (χ1) is 16.1. The first kappa shape index (κ1) is 21.6. The van der Waals surface area contributed by atoms with Gasteiger partial charge in [0.1, 0.15) is 5.82 Å². The zero-order valence-corrected chi connectivity index (χ0v) is 19.1. The molecule has 1 saturated heterocycles. The number of pyridine rings is 1. The molecule has 2 N–H and O–H groups in total. The maximum Gasteiger partial charge on any atom is 0.219 e. The number of benzene rings is 1. The van der Waals surface area contributed by atoms with Gasteiger partial charge in [-0.2, -0.15) is 0 Å². The Morgan fingerprint density at radius 1 is 1.21 bits per heavy atom. The maximum absolute atomic E-state index is 12.2. The van der Waals surface area contributed by atoms with Crippen LogP contribution in [-0.4, -0.2) is 66.9 Å². The molecule has 1 aromatic carbocycles. The number of hydrogen-bond acceptors (Lipinski definition) is 6. The predicted molar refractivity (Wildman–Crippen MR) is 131 cm³/mol. The van der Waals surface area contributed by atoms with Gasteiger partial charge < -0.3 is 19.9 Å². The highest BCUT2D eigenvalue weighted by Crippen LogP contribution is 2.28. The van der Waals surface area contributed by atoms with Gasteiger partial charge in [0.15, 0.2) is 0 Å². The smallest absolute Gasteiger partial charge is 0.219 e. The Morgan fingerprint density at radius 3 is 2.76 bits per heavy atom. The third-order valence-corrected chi connectivity index (χ3v) is 6.85. The molecule has 0 spiro atoms. The fraction of sp³-hybridized carbons (Fsp3) is 0.423. The fourth-order valence-electron chi connectivity index (χ4n) is 4.89. The summed E-state index contributed by atoms with van der Waals surface area (Å²) in [7, 11) is 0. The third-order valence-electron chi connectivity index (χ3n) is 6.85. The molecule has 33 heavy (non-hydrogen) atoms. The van der Waals surface area contributed by atoms with Gasteiger partial charge in [0.05, 0.1) is 5.71 Å². The third kappa shape index (κ3) is 4.50. The monoisotopic (exact) mass is 445 g/mol. The summed E-state index contributed by atoms with van der Waals surface area (Å²) < 4.78 is 5.51. The number of nitrogens with zero attached hydrogens (tertiary/aromatic N) is 3. The van der Waals surface area contributed by atoms with Crippen LogP contribution in [0.2, 0.25) is 0 Å². The highest BCUT2D eigenvalue weighted by molar-refractivity contribution is 6.18. The summed E-state index contributed by atoms with van der Waals surface area (Å²) in [5.41, 5.74) is 3.33. The lowest BCUT2D eigenvalue weighted by molar-refractivity contribution is -0.128. The Kier molecular flexibility index (Phi) is 6.13. The van der Waals surface area contributed by atoms with Crippen LogP contribution >= 0.6 is 0 Å². The van der Waals surface area contributed by atoms with E-state index in [9.17, 15) is 10.2 Å². The van der Waals surface area contributed by atoms with Crippen molar-refractivity contribution in [2.75, 3.05) is 44.3 Å². The molecular weight excluding hydrogens is 414 g/mol. The van der Waals surface area contributed by atoms with Crippen molar-refractivity contribution in [2.24, 2.45) is 0 Å². The molecule has 7 nitrogen and oxygen atoms in total. The zero-order chi connectivity index (χ0) is 22.8. The van der Waals surface area contributed by atoms with E-state index in [1.54, 1.807) is 6.92 Å². The minimum atomic E-state index is 0.0499. The normalized spacial score (nSPS) is 19.4. The number of ether oxygens (including phenoxy) is 1. The van der Waals surface area contributed by atoms with Crippen molar-refractivity contribution in [1.29, 1.82) is 5.41 Å². The van der Waals surface area contributed by atoms with Crippen LogP contribution in [0.3, 0.4) is 0 Å². The topological polar surface area (TPSA) is 81.6 Å². The molecule has 1 amide bonds. The van der Waals surface area contributed by atoms with Gasteiger partial charge in [-0.1, -0.05) is 30.4 Å². The van der Waals surface area contributed by atoms with E-state index in [4.69, 9.17) is 9.72 Å². The number of carbonyl (C=O) groups excluding carboxylic acids is 1. The maximum atomic E-state index is 12.2. The van der Waals surface area contributed by atoms with Crippen LogP contribution in [0.1, 0.15) is 31.7 Å². The van der Waals surface area contributed by atoms with Gasteiger partial charge in [-0.25, -0.2) is 4.98 Å². The van der Waals surface area contributed by atoms with Crippen LogP contribution in [0.5, 0.6) is 0 Å². The van der Waals surface area contributed by atoms with Crippen molar-refractivity contribution in [2.45, 2.75) is 32.2 Å². The second-order valence-corrected chi connectivity index (χ2v) is 9.00. The van der Waals surface area contributed by atoms with Crippen LogP contribution < -0.4 is 10.2 Å². The minimum absolute atomic E-state index is 0.0499. The zero-order valence-electron chi connectivity index (χ0n) is 19.1. The predicted octanol–water partition coefficient (Wildman–Crippen LogP) is 3.25. The van der Waals surface area contributed by atoms with Gasteiger partial charge in [0, 0.05) is 87.2 Å². The second-order valence-electron chi connectivity index (χ2n) is 9.00. The highest BCUT2D eigenvalue weighted by atomic mass is 16.5. The van der Waals surface area contributed by atoms with E-state index >= 15 is 0 Å². The molecule has 5 rings (SSSR count). The van der Waals surface area contributed by atoms with Crippen LogP contribution in [0.15, 0.2) is 53.9 Å². The Labute approximate surface area is 194 Å². The fourth-order valence-corrected chi connectivity index (χ4v) is 4.89. The van der Waals surface area contributed by atoms with E-state index in [1.807, 2.05) is 23.2 Å². The summed E-state index contributed by atoms with van der Waals surface area (Å²) in [5, 5.41) is 14.9. The lowest BCUT2D eigenvalue weighted by Gasteiger charge is -2.34. The summed E-state index contributed by atoms with van der Waals surface area (Å²) in [5.74, 6) is 1.01. The number of aromatic nitrogens is 1. The number of carbonyl (C=O) groups is 1. The molecule has 0 radical (unpaired) electrons. The summed E-state index contributed by atoms with van der Waals surface area (Å²) >= 11 is 0. The van der Waals surface area contributed by atoms with Crippen LogP contribution in [0.25, 0.3) is 10.8 Å². The average Bonchev–Trinajstić information content (AvgIpc) is 3.39. The van der Waals surface area contributed by atoms with Crippen molar-refractivity contribution in [3.63, 3.8) is 0 Å². The van der Waals surface area contributed by atoms with Gasteiger partial charge in [0.2, 0.25) is 5.91 Å². The number of nitrogens with one attached hydrogen (secondary N) is 2. The van der Waals surface area contributed by atoms with Gasteiger partial charge >= 0.3 is 0 Å². The molecule has 0 unspecified atom stereocenters. The molecule has 0 aliphatic carbocycles. The van der Waals surface area contributed by atoms with Gasteiger partial charge in [-0.3, -0.25) is 10.2 Å². The Balaban J connectivity index is 1.49. The summed E-state index contributed by atoms with van der Waals surface area (Å²) in [4.78, 5) is 20.9. The van der Waals surface area contributed by atoms with Crippen molar-refractivity contribution < 1.29 is 9.53 Å². The standard InChI is InChI=1S/C26H31N5O2/c1-18(32)31-12-7-24(29-20-8-13-33-14-9-20)23(17-31)26(27)21-6-4-5-19-15-25(28-16-22(19)21)30-10-2-3-11-30/h2-6,15-16,20,27,29H,7-14,17H2,1H3. The molecule has 172 valence electrons. The second kappa shape index (κ2) is 9.35. The molecule has 1 fully saturated rings. The summed E-state index contributed by atoms with van der Waals surface area (Å²) in [6.45, 7) is 6.03. The van der Waals surface area contributed by atoms with Gasteiger partial charge in [-0.05, 0) is 24.3 Å². The number of rotatable bonds is 5. The number of amides is 1. The van der Waals surface area contributed by atoms with E-state index in [0.29, 0.717) is 24.8 Å². The van der Waals surface area contributed by atoms with E-state index in [1.165, 1.54) is 0 Å². The first-order valence-corrected chi connectivity index (χ1v) is 11.8. The molecule has 3 aliphatic heterocycles. The minimum Gasteiger partial charge on any atom is -0.385 e. The Morgan fingerprint density at radius 2 is 2.00 bits per heavy atom. The molecular formula is C26H31N5O2. The Bertz CT molecular complexity index is 1120. The number of hydrogen-bond donors (Lipinski definition) is 2. The van der Waals surface area contributed by atoms with E-state index in [2.05, 4.69) is 34.5 Å². The van der Waals surface area contributed by atoms with E-state index in [0.717, 1.165) is 79.0 Å². The van der Waals surface area contributed by atoms with Gasteiger partial charge in [0.25, 0.3) is 0 Å². The molecule has 3 aliphatic rings. The average molecular weight is 446 g/mol. The SMILES string of the molecule is CC(=O)N1CCC(NC2CCOCC2)=C(C(=N)c2cccc3cc(N4CC=CC4)ncc23)C1. The van der Waals surface area contributed by atoms with Crippen LogP contribution in [0, 0.1) is 5.41 Å². The first-order valence-electron chi connectivity index (χ1n) is 11.8. The summed E-state index contributed by atoms with van der Waals surface area (Å²) in [6, 6.07) is 8.55. The van der Waals surface area contributed by atoms with E-state index in [-0.39, 0.29) is 5.91 Å². The van der Waals surface area contributed by atoms with E-state index < -0.39 is 0 Å². The molecule has 7 heteroatoms. The van der Waals surface area contributed by atoms with Crippen molar-refractivity contribution in [3.05, 3.63) is 59.4 Å². The lowest BCUT2D eigenvalue weighted by Crippen LogP contribution is -2.43. The molecule has 0 saturated carbocycles. The molecule has 2 aromatic rings. The highest BCUT2D eigenvalue weighted by Gasteiger charge is 2.27. The number of fused-ring (bicyclic) bond motifs is 1. The molecule has 1 aromatic heterocycles. The molecule has 0 atom stereocenters. The molecule has 4 heterocycles. The van der Waals surface area contributed by atoms with Crippen molar-refractivity contribution in [1.82, 2.24) is 15.2 Å². The quantitative estimate of drug-likeness (QED) is 0.545. The van der Waals surface area contributed by atoms with Crippen molar-refractivity contribution >= 4 is 28.2 Å². The molecule has 0 bridgehead atoms. The Hall–Kier alpha value is -3.19. The largest absolute Gasteiger partial charge is 0.385 e.